The van der Waals surface area contributed by atoms with Crippen molar-refractivity contribution in [1.29, 1.82) is 0 Å². The summed E-state index contributed by atoms with van der Waals surface area (Å²) >= 11 is 0. The number of nitrogens with zero attached hydrogens (tertiary/aromatic N) is 2. The smallest absolute Gasteiger partial charge is 0.152 e. The van der Waals surface area contributed by atoms with E-state index in [-0.39, 0.29) is 16.5 Å². The SMILES string of the molecule is C#Cc1c(F)cc2nn(CC)cc2c1F. The lowest BCUT2D eigenvalue weighted by molar-refractivity contribution is 0.586. The summed E-state index contributed by atoms with van der Waals surface area (Å²) in [6.07, 6.45) is 6.54. The standard InChI is InChI=1S/C11H8F2N2/c1-3-7-9(12)5-10-8(11(7)13)6-15(4-2)14-10/h1,5-6H,4H2,2H3. The Kier molecular flexibility index (Phi) is 2.16. The molecule has 1 heterocycles. The minimum absolute atomic E-state index is 0.256. The fraction of sp³-hybridized carbons (Fsp3) is 0.182. The van der Waals surface area contributed by atoms with Crippen LogP contribution >= 0.6 is 0 Å². The maximum atomic E-state index is 13.6. The molecule has 0 saturated heterocycles. The molecule has 0 amide bonds. The molecule has 0 atom stereocenters. The van der Waals surface area contributed by atoms with Crippen LogP contribution in [0.3, 0.4) is 0 Å². The summed E-state index contributed by atoms with van der Waals surface area (Å²) in [4.78, 5) is 0. The van der Waals surface area contributed by atoms with Crippen LogP contribution in [0.25, 0.3) is 10.9 Å². The zero-order valence-corrected chi connectivity index (χ0v) is 8.09. The lowest BCUT2D eigenvalue weighted by Gasteiger charge is -1.97. The highest BCUT2D eigenvalue weighted by Crippen LogP contribution is 2.22. The van der Waals surface area contributed by atoms with E-state index in [0.29, 0.717) is 6.54 Å². The highest BCUT2D eigenvalue weighted by molar-refractivity contribution is 5.80. The van der Waals surface area contributed by atoms with Crippen LogP contribution in [0.1, 0.15) is 12.5 Å². The van der Waals surface area contributed by atoms with E-state index < -0.39 is 11.6 Å². The van der Waals surface area contributed by atoms with Gasteiger partial charge in [-0.15, -0.1) is 6.42 Å². The predicted molar refractivity (Wildman–Crippen MR) is 53.3 cm³/mol. The van der Waals surface area contributed by atoms with Gasteiger partial charge in [0.25, 0.3) is 0 Å². The molecule has 1 aromatic carbocycles. The lowest BCUT2D eigenvalue weighted by atomic mass is 10.1. The molecule has 0 aliphatic heterocycles. The maximum Gasteiger partial charge on any atom is 0.152 e. The van der Waals surface area contributed by atoms with Gasteiger partial charge in [0.1, 0.15) is 5.82 Å². The first kappa shape index (κ1) is 9.66. The highest BCUT2D eigenvalue weighted by Gasteiger charge is 2.14. The number of rotatable bonds is 1. The van der Waals surface area contributed by atoms with Crippen molar-refractivity contribution in [3.8, 4) is 12.3 Å². The number of aryl methyl sites for hydroxylation is 1. The number of hydrogen-bond acceptors (Lipinski definition) is 1. The first-order valence-corrected chi connectivity index (χ1v) is 4.49. The van der Waals surface area contributed by atoms with Gasteiger partial charge < -0.3 is 0 Å². The van der Waals surface area contributed by atoms with E-state index in [1.54, 1.807) is 0 Å². The van der Waals surface area contributed by atoms with Crippen molar-refractivity contribution in [3.63, 3.8) is 0 Å². The Labute approximate surface area is 85.5 Å². The molecule has 0 fully saturated rings. The molecule has 0 radical (unpaired) electrons. The Morgan fingerprint density at radius 1 is 1.53 bits per heavy atom. The van der Waals surface area contributed by atoms with Gasteiger partial charge in [0.15, 0.2) is 5.82 Å². The summed E-state index contributed by atoms with van der Waals surface area (Å²) in [6, 6.07) is 1.15. The Balaban J connectivity index is 2.83. The minimum atomic E-state index is -0.746. The largest absolute Gasteiger partial charge is 0.272 e. The van der Waals surface area contributed by atoms with Crippen molar-refractivity contribution >= 4 is 10.9 Å². The molecular formula is C11H8F2N2. The van der Waals surface area contributed by atoms with Crippen LogP contribution in [-0.2, 0) is 6.54 Å². The van der Waals surface area contributed by atoms with Gasteiger partial charge in [0, 0.05) is 18.8 Å². The lowest BCUT2D eigenvalue weighted by Crippen LogP contribution is -1.92. The number of fused-ring (bicyclic) bond motifs is 1. The summed E-state index contributed by atoms with van der Waals surface area (Å²) < 4.78 is 28.4. The average molecular weight is 206 g/mol. The first-order valence-electron chi connectivity index (χ1n) is 4.49. The van der Waals surface area contributed by atoms with E-state index in [2.05, 4.69) is 5.10 Å². The third-order valence-corrected chi connectivity index (χ3v) is 2.22. The molecule has 2 aromatic rings. The summed E-state index contributed by atoms with van der Waals surface area (Å²) in [7, 11) is 0. The van der Waals surface area contributed by atoms with E-state index in [9.17, 15) is 8.78 Å². The van der Waals surface area contributed by atoms with Crippen LogP contribution in [0.5, 0.6) is 0 Å². The molecule has 0 unspecified atom stereocenters. The second kappa shape index (κ2) is 3.35. The second-order valence-electron chi connectivity index (χ2n) is 3.11. The molecule has 76 valence electrons. The maximum absolute atomic E-state index is 13.6. The number of halogens is 2. The Hall–Kier alpha value is -1.89. The van der Waals surface area contributed by atoms with E-state index in [1.807, 2.05) is 12.8 Å². The molecule has 15 heavy (non-hydrogen) atoms. The first-order chi connectivity index (χ1) is 7.17. The summed E-state index contributed by atoms with van der Waals surface area (Å²) in [6.45, 7) is 2.46. The molecule has 2 nitrogen and oxygen atoms in total. The van der Waals surface area contributed by atoms with Crippen molar-refractivity contribution in [2.75, 3.05) is 0 Å². The topological polar surface area (TPSA) is 17.8 Å². The summed E-state index contributed by atoms with van der Waals surface area (Å²) in [5, 5.41) is 4.25. The highest BCUT2D eigenvalue weighted by atomic mass is 19.1. The van der Waals surface area contributed by atoms with Gasteiger partial charge in [-0.25, -0.2) is 8.78 Å². The molecule has 0 N–H and O–H groups in total. The monoisotopic (exact) mass is 206 g/mol. The zero-order valence-electron chi connectivity index (χ0n) is 8.09. The Bertz CT molecular complexity index is 564. The molecule has 0 bridgehead atoms. The van der Waals surface area contributed by atoms with Gasteiger partial charge in [-0.3, -0.25) is 4.68 Å². The van der Waals surface area contributed by atoms with Crippen LogP contribution in [0, 0.1) is 24.0 Å². The van der Waals surface area contributed by atoms with Crippen LogP contribution in [-0.4, -0.2) is 9.78 Å². The normalized spacial score (nSPS) is 10.5. The van der Waals surface area contributed by atoms with Gasteiger partial charge in [-0.2, -0.15) is 5.10 Å². The molecule has 2 rings (SSSR count). The number of terminal acetylenes is 1. The Morgan fingerprint density at radius 3 is 2.87 bits per heavy atom. The number of hydrogen-bond donors (Lipinski definition) is 0. The number of benzene rings is 1. The van der Waals surface area contributed by atoms with Gasteiger partial charge >= 0.3 is 0 Å². The molecule has 0 saturated carbocycles. The van der Waals surface area contributed by atoms with Crippen LogP contribution in [0.15, 0.2) is 12.3 Å². The van der Waals surface area contributed by atoms with Crippen molar-refractivity contribution < 1.29 is 8.78 Å². The molecule has 4 heteroatoms. The van der Waals surface area contributed by atoms with E-state index >= 15 is 0 Å². The minimum Gasteiger partial charge on any atom is -0.272 e. The Morgan fingerprint density at radius 2 is 2.27 bits per heavy atom. The number of aromatic nitrogens is 2. The third kappa shape index (κ3) is 1.37. The zero-order chi connectivity index (χ0) is 11.0. The third-order valence-electron chi connectivity index (χ3n) is 2.22. The molecule has 1 aromatic heterocycles. The molecule has 0 aliphatic carbocycles. The van der Waals surface area contributed by atoms with Crippen LogP contribution in [0.2, 0.25) is 0 Å². The van der Waals surface area contributed by atoms with Gasteiger partial charge in [0.2, 0.25) is 0 Å². The fourth-order valence-electron chi connectivity index (χ4n) is 1.44. The summed E-state index contributed by atoms with van der Waals surface area (Å²) in [5.41, 5.74) is -0.0518. The molecule has 0 aliphatic rings. The van der Waals surface area contributed by atoms with Crippen molar-refractivity contribution in [2.24, 2.45) is 0 Å². The second-order valence-corrected chi connectivity index (χ2v) is 3.11. The van der Waals surface area contributed by atoms with E-state index in [1.165, 1.54) is 10.9 Å². The van der Waals surface area contributed by atoms with Crippen molar-refractivity contribution in [3.05, 3.63) is 29.5 Å². The predicted octanol–water partition coefficient (Wildman–Crippen LogP) is 2.32. The van der Waals surface area contributed by atoms with Gasteiger partial charge in [-0.05, 0) is 6.92 Å². The van der Waals surface area contributed by atoms with E-state index in [4.69, 9.17) is 6.42 Å². The van der Waals surface area contributed by atoms with Crippen molar-refractivity contribution in [1.82, 2.24) is 9.78 Å². The fourth-order valence-corrected chi connectivity index (χ4v) is 1.44. The quantitative estimate of drug-likeness (QED) is 0.655. The van der Waals surface area contributed by atoms with Gasteiger partial charge in [0.05, 0.1) is 16.5 Å². The average Bonchev–Trinajstić information content (AvgIpc) is 2.61. The summed E-state index contributed by atoms with van der Waals surface area (Å²) in [5.74, 6) is 0.534. The van der Waals surface area contributed by atoms with Gasteiger partial charge in [-0.1, -0.05) is 5.92 Å². The van der Waals surface area contributed by atoms with E-state index in [0.717, 1.165) is 6.07 Å². The van der Waals surface area contributed by atoms with Crippen LogP contribution < -0.4 is 0 Å². The molecular weight excluding hydrogens is 198 g/mol. The molecule has 0 spiro atoms. The van der Waals surface area contributed by atoms with Crippen molar-refractivity contribution in [2.45, 2.75) is 13.5 Å². The van der Waals surface area contributed by atoms with Crippen LogP contribution in [0.4, 0.5) is 8.78 Å².